The highest BCUT2D eigenvalue weighted by Gasteiger charge is 2.30. The minimum absolute atomic E-state index is 0.239. The van der Waals surface area contributed by atoms with Crippen molar-refractivity contribution < 1.29 is 4.74 Å². The van der Waals surface area contributed by atoms with Gasteiger partial charge in [0.05, 0.1) is 12.0 Å². The van der Waals surface area contributed by atoms with Gasteiger partial charge in [-0.3, -0.25) is 0 Å². The summed E-state index contributed by atoms with van der Waals surface area (Å²) >= 11 is 5.81. The Bertz CT molecular complexity index is 339. The molecule has 0 spiro atoms. The number of hydrogen-bond donors (Lipinski definition) is 0. The summed E-state index contributed by atoms with van der Waals surface area (Å²) in [4.78, 5) is 0. The molecular weight excluding hydrogens is 214 g/mol. The first-order valence-corrected chi connectivity index (χ1v) is 5.91. The summed E-state index contributed by atoms with van der Waals surface area (Å²) in [7, 11) is 0. The molecule has 0 amide bonds. The van der Waals surface area contributed by atoms with Crippen LogP contribution in [0.3, 0.4) is 0 Å². The molecule has 1 aliphatic rings. The van der Waals surface area contributed by atoms with Crippen LogP contribution in [0.25, 0.3) is 0 Å². The van der Waals surface area contributed by atoms with Crippen LogP contribution in [0.5, 0.6) is 0 Å². The summed E-state index contributed by atoms with van der Waals surface area (Å²) in [5.41, 5.74) is 0. The highest BCUT2D eigenvalue weighted by atomic mass is 35.5. The van der Waals surface area contributed by atoms with Crippen molar-refractivity contribution in [3.05, 3.63) is 11.6 Å². The van der Waals surface area contributed by atoms with Crippen molar-refractivity contribution in [3.8, 4) is 0 Å². The fourth-order valence-corrected chi connectivity index (χ4v) is 2.34. The van der Waals surface area contributed by atoms with Gasteiger partial charge in [0.25, 0.3) is 0 Å². The van der Waals surface area contributed by atoms with Gasteiger partial charge < -0.3 is 9.30 Å². The number of alkyl halides is 1. The quantitative estimate of drug-likeness (QED) is 0.744. The molecule has 1 aromatic rings. The predicted molar refractivity (Wildman–Crippen MR) is 58.0 cm³/mol. The molecule has 2 atom stereocenters. The summed E-state index contributed by atoms with van der Waals surface area (Å²) < 4.78 is 7.65. The van der Waals surface area contributed by atoms with Crippen LogP contribution in [0.1, 0.15) is 37.8 Å². The van der Waals surface area contributed by atoms with Crippen LogP contribution in [-0.2, 0) is 17.2 Å². The van der Waals surface area contributed by atoms with Gasteiger partial charge >= 0.3 is 0 Å². The van der Waals surface area contributed by atoms with Crippen molar-refractivity contribution in [2.75, 3.05) is 6.61 Å². The first kappa shape index (κ1) is 10.9. The summed E-state index contributed by atoms with van der Waals surface area (Å²) in [6.45, 7) is 5.86. The summed E-state index contributed by atoms with van der Waals surface area (Å²) in [6.07, 6.45) is 1.27. The number of halogens is 1. The molecule has 2 heterocycles. The molecule has 84 valence electrons. The second-order valence-electron chi connectivity index (χ2n) is 3.82. The zero-order valence-corrected chi connectivity index (χ0v) is 9.87. The topological polar surface area (TPSA) is 39.9 Å². The van der Waals surface area contributed by atoms with Crippen molar-refractivity contribution in [1.82, 2.24) is 14.8 Å². The minimum Gasteiger partial charge on any atom is -0.378 e. The van der Waals surface area contributed by atoms with E-state index in [0.29, 0.717) is 11.8 Å². The number of nitrogens with zero attached hydrogens (tertiary/aromatic N) is 3. The molecule has 0 aliphatic carbocycles. The lowest BCUT2D eigenvalue weighted by Crippen LogP contribution is -2.16. The largest absolute Gasteiger partial charge is 0.378 e. The van der Waals surface area contributed by atoms with E-state index in [4.69, 9.17) is 16.3 Å². The van der Waals surface area contributed by atoms with Crippen LogP contribution >= 0.6 is 11.6 Å². The van der Waals surface area contributed by atoms with Gasteiger partial charge in [0.1, 0.15) is 11.6 Å². The molecule has 1 aliphatic heterocycles. The van der Waals surface area contributed by atoms with Crippen LogP contribution in [0, 0.1) is 0 Å². The Hall–Kier alpha value is -0.610. The smallest absolute Gasteiger partial charge is 0.147 e. The summed E-state index contributed by atoms with van der Waals surface area (Å²) in [5, 5.41) is 8.35. The van der Waals surface area contributed by atoms with Gasteiger partial charge in [0, 0.05) is 19.1 Å². The van der Waals surface area contributed by atoms with Gasteiger partial charge in [-0.25, -0.2) is 0 Å². The van der Waals surface area contributed by atoms with Crippen molar-refractivity contribution in [3.63, 3.8) is 0 Å². The lowest BCUT2D eigenvalue weighted by molar-refractivity contribution is 0.116. The molecule has 15 heavy (non-hydrogen) atoms. The third-order valence-corrected chi connectivity index (χ3v) is 3.24. The molecule has 4 nitrogen and oxygen atoms in total. The molecule has 5 heteroatoms. The van der Waals surface area contributed by atoms with E-state index in [1.807, 2.05) is 0 Å². The maximum atomic E-state index is 5.81. The van der Waals surface area contributed by atoms with E-state index in [9.17, 15) is 0 Å². The van der Waals surface area contributed by atoms with E-state index in [1.54, 1.807) is 0 Å². The summed E-state index contributed by atoms with van der Waals surface area (Å²) in [6, 6.07) is 0. The molecule has 1 saturated heterocycles. The Morgan fingerprint density at radius 3 is 2.87 bits per heavy atom. The maximum absolute atomic E-state index is 5.81. The SMILES string of the molecule is CCn1c(CCl)nnc1C1CCOC1C. The van der Waals surface area contributed by atoms with E-state index in [1.165, 1.54) is 0 Å². The molecule has 2 unspecified atom stereocenters. The number of hydrogen-bond acceptors (Lipinski definition) is 3. The van der Waals surface area contributed by atoms with E-state index < -0.39 is 0 Å². The van der Waals surface area contributed by atoms with E-state index in [2.05, 4.69) is 28.6 Å². The monoisotopic (exact) mass is 229 g/mol. The van der Waals surface area contributed by atoms with Crippen LogP contribution in [0.2, 0.25) is 0 Å². The molecule has 0 radical (unpaired) electrons. The number of rotatable bonds is 3. The van der Waals surface area contributed by atoms with Crippen LogP contribution < -0.4 is 0 Å². The average molecular weight is 230 g/mol. The second kappa shape index (κ2) is 4.49. The molecule has 0 aromatic carbocycles. The lowest BCUT2D eigenvalue weighted by atomic mass is 10.0. The fraction of sp³-hybridized carbons (Fsp3) is 0.800. The molecule has 1 fully saturated rings. The van der Waals surface area contributed by atoms with Crippen molar-refractivity contribution >= 4 is 11.6 Å². The lowest BCUT2D eigenvalue weighted by Gasteiger charge is -2.14. The van der Waals surface area contributed by atoms with Gasteiger partial charge in [-0.2, -0.15) is 0 Å². The molecule has 0 bridgehead atoms. The third kappa shape index (κ3) is 1.88. The van der Waals surface area contributed by atoms with Gasteiger partial charge in [0.2, 0.25) is 0 Å². The van der Waals surface area contributed by atoms with E-state index >= 15 is 0 Å². The van der Waals surface area contributed by atoms with Crippen molar-refractivity contribution in [2.45, 2.75) is 44.7 Å². The maximum Gasteiger partial charge on any atom is 0.147 e. The zero-order chi connectivity index (χ0) is 10.8. The van der Waals surface area contributed by atoms with Gasteiger partial charge in [0.15, 0.2) is 0 Å². The molecule has 2 rings (SSSR count). The first-order chi connectivity index (χ1) is 7.27. The molecule has 0 N–H and O–H groups in total. The molecule has 1 aromatic heterocycles. The Morgan fingerprint density at radius 1 is 1.53 bits per heavy atom. The Balaban J connectivity index is 2.30. The van der Waals surface area contributed by atoms with Crippen LogP contribution in [0.15, 0.2) is 0 Å². The normalized spacial score (nSPS) is 26.1. The highest BCUT2D eigenvalue weighted by molar-refractivity contribution is 6.16. The average Bonchev–Trinajstić information content (AvgIpc) is 2.82. The van der Waals surface area contributed by atoms with Crippen LogP contribution in [0.4, 0.5) is 0 Å². The molecular formula is C10H16ClN3O. The van der Waals surface area contributed by atoms with Crippen LogP contribution in [-0.4, -0.2) is 27.5 Å². The van der Waals surface area contributed by atoms with Crippen molar-refractivity contribution in [2.24, 2.45) is 0 Å². The van der Waals surface area contributed by atoms with E-state index in [-0.39, 0.29) is 6.10 Å². The number of ether oxygens (including phenoxy) is 1. The van der Waals surface area contributed by atoms with Crippen molar-refractivity contribution in [1.29, 1.82) is 0 Å². The Labute approximate surface area is 94.6 Å². The highest BCUT2D eigenvalue weighted by Crippen LogP contribution is 2.30. The fourth-order valence-electron chi connectivity index (χ4n) is 2.14. The molecule has 0 saturated carbocycles. The van der Waals surface area contributed by atoms with Gasteiger partial charge in [-0.1, -0.05) is 0 Å². The predicted octanol–water partition coefficient (Wildman–Crippen LogP) is 1.93. The standard InChI is InChI=1S/C10H16ClN3O/c1-3-14-9(6-11)12-13-10(14)8-4-5-15-7(8)2/h7-8H,3-6H2,1-2H3. The van der Waals surface area contributed by atoms with E-state index in [0.717, 1.165) is 31.2 Å². The van der Waals surface area contributed by atoms with Gasteiger partial charge in [-0.15, -0.1) is 21.8 Å². The first-order valence-electron chi connectivity index (χ1n) is 5.37. The summed E-state index contributed by atoms with van der Waals surface area (Å²) in [5.74, 6) is 2.67. The number of aromatic nitrogens is 3. The zero-order valence-electron chi connectivity index (χ0n) is 9.11. The second-order valence-corrected chi connectivity index (χ2v) is 4.09. The Morgan fingerprint density at radius 2 is 2.33 bits per heavy atom. The third-order valence-electron chi connectivity index (χ3n) is 3.00. The Kier molecular flexibility index (Phi) is 3.26. The van der Waals surface area contributed by atoms with Gasteiger partial charge in [-0.05, 0) is 20.3 Å². The minimum atomic E-state index is 0.239.